The third kappa shape index (κ3) is 4.21. The second kappa shape index (κ2) is 8.19. The molecule has 0 N–H and O–H groups in total. The van der Waals surface area contributed by atoms with E-state index in [2.05, 4.69) is 10.1 Å². The van der Waals surface area contributed by atoms with Crippen LogP contribution in [-0.2, 0) is 22.6 Å². The molecule has 0 amide bonds. The highest BCUT2D eigenvalue weighted by atomic mass is 16.6. The van der Waals surface area contributed by atoms with E-state index in [1.54, 1.807) is 50.8 Å². The van der Waals surface area contributed by atoms with Gasteiger partial charge in [-0.1, -0.05) is 5.16 Å². The van der Waals surface area contributed by atoms with Gasteiger partial charge in [-0.05, 0) is 30.3 Å². The molecule has 136 valence electrons. The molecule has 0 unspecified atom stereocenters. The van der Waals surface area contributed by atoms with E-state index < -0.39 is 0 Å². The topological polar surface area (TPSA) is 96.8 Å². The van der Waals surface area contributed by atoms with E-state index in [0.29, 0.717) is 29.3 Å². The Labute approximate surface area is 149 Å². The quantitative estimate of drug-likeness (QED) is 0.567. The molecule has 0 saturated carbocycles. The lowest BCUT2D eigenvalue weighted by molar-refractivity contribution is -0.145. The number of benzene rings is 1. The number of hydrogen-bond acceptors (Lipinski definition) is 8. The molecular formula is C18H18N2O6. The number of methoxy groups -OCH3 is 2. The van der Waals surface area contributed by atoms with E-state index in [1.165, 1.54) is 0 Å². The fraction of sp³-hybridized carbons (Fsp3) is 0.278. The average molecular weight is 358 g/mol. The van der Waals surface area contributed by atoms with E-state index >= 15 is 0 Å². The molecule has 0 atom stereocenters. The highest BCUT2D eigenvalue weighted by Crippen LogP contribution is 2.31. The summed E-state index contributed by atoms with van der Waals surface area (Å²) in [5, 5.41) is 3.89. The largest absolute Gasteiger partial charge is 0.493 e. The minimum Gasteiger partial charge on any atom is -0.493 e. The molecule has 3 rings (SSSR count). The smallest absolute Gasteiger partial charge is 0.306 e. The second-order valence-corrected chi connectivity index (χ2v) is 5.32. The fourth-order valence-electron chi connectivity index (χ4n) is 2.30. The van der Waals surface area contributed by atoms with Crippen LogP contribution in [0.5, 0.6) is 11.5 Å². The Kier molecular flexibility index (Phi) is 5.52. The Morgan fingerprint density at radius 1 is 1.15 bits per heavy atom. The van der Waals surface area contributed by atoms with Crippen molar-refractivity contribution in [2.24, 2.45) is 0 Å². The summed E-state index contributed by atoms with van der Waals surface area (Å²) in [6, 6.07) is 8.85. The van der Waals surface area contributed by atoms with E-state index in [4.69, 9.17) is 23.2 Å². The first-order chi connectivity index (χ1) is 12.7. The molecule has 0 bridgehead atoms. The number of carbonyl (C=O) groups excluding carboxylic acids is 1. The summed E-state index contributed by atoms with van der Waals surface area (Å²) in [5.74, 6) is 2.10. The van der Waals surface area contributed by atoms with Gasteiger partial charge in [-0.2, -0.15) is 4.98 Å². The van der Waals surface area contributed by atoms with Gasteiger partial charge in [-0.25, -0.2) is 0 Å². The summed E-state index contributed by atoms with van der Waals surface area (Å²) < 4.78 is 25.9. The van der Waals surface area contributed by atoms with Gasteiger partial charge in [0.1, 0.15) is 5.76 Å². The zero-order valence-corrected chi connectivity index (χ0v) is 14.4. The van der Waals surface area contributed by atoms with Crippen molar-refractivity contribution in [2.75, 3.05) is 14.2 Å². The maximum atomic E-state index is 11.8. The first kappa shape index (κ1) is 17.5. The lowest BCUT2D eigenvalue weighted by atomic mass is 10.2. The van der Waals surface area contributed by atoms with Gasteiger partial charge in [0.15, 0.2) is 18.1 Å². The van der Waals surface area contributed by atoms with Gasteiger partial charge in [-0.15, -0.1) is 0 Å². The van der Waals surface area contributed by atoms with Gasteiger partial charge >= 0.3 is 5.97 Å². The van der Waals surface area contributed by atoms with Crippen LogP contribution in [0.2, 0.25) is 0 Å². The van der Waals surface area contributed by atoms with Gasteiger partial charge in [0.25, 0.3) is 5.89 Å². The van der Waals surface area contributed by atoms with E-state index in [9.17, 15) is 4.79 Å². The lowest BCUT2D eigenvalue weighted by Gasteiger charge is -2.07. The van der Waals surface area contributed by atoms with Crippen LogP contribution in [-0.4, -0.2) is 30.3 Å². The number of aryl methyl sites for hydroxylation is 1. The maximum Gasteiger partial charge on any atom is 0.306 e. The molecule has 1 aromatic carbocycles. The number of nitrogens with zero attached hydrogens (tertiary/aromatic N) is 2. The van der Waals surface area contributed by atoms with Crippen LogP contribution in [0.3, 0.4) is 0 Å². The number of ether oxygens (including phenoxy) is 3. The number of furan rings is 1. The molecule has 3 aromatic rings. The van der Waals surface area contributed by atoms with Crippen LogP contribution in [0.15, 0.2) is 45.5 Å². The molecule has 2 heterocycles. The highest BCUT2D eigenvalue weighted by Gasteiger charge is 2.14. The molecule has 0 aliphatic heterocycles. The van der Waals surface area contributed by atoms with Gasteiger partial charge < -0.3 is 23.2 Å². The highest BCUT2D eigenvalue weighted by molar-refractivity contribution is 5.69. The van der Waals surface area contributed by atoms with Crippen molar-refractivity contribution in [3.63, 3.8) is 0 Å². The summed E-state index contributed by atoms with van der Waals surface area (Å²) in [5.41, 5.74) is 0.696. The summed E-state index contributed by atoms with van der Waals surface area (Å²) in [4.78, 5) is 16.0. The van der Waals surface area contributed by atoms with Crippen LogP contribution in [0.25, 0.3) is 11.4 Å². The van der Waals surface area contributed by atoms with Crippen molar-refractivity contribution in [3.05, 3.63) is 48.2 Å². The van der Waals surface area contributed by atoms with Crippen molar-refractivity contribution in [1.29, 1.82) is 0 Å². The number of aromatic nitrogens is 2. The Hall–Kier alpha value is -3.29. The molecule has 0 aliphatic carbocycles. The van der Waals surface area contributed by atoms with Crippen molar-refractivity contribution in [3.8, 4) is 22.9 Å². The molecule has 0 radical (unpaired) electrons. The van der Waals surface area contributed by atoms with Crippen molar-refractivity contribution in [2.45, 2.75) is 19.4 Å². The van der Waals surface area contributed by atoms with E-state index in [1.807, 2.05) is 0 Å². The molecule has 0 aliphatic rings. The Bertz CT molecular complexity index is 856. The number of carbonyl (C=O) groups is 1. The summed E-state index contributed by atoms with van der Waals surface area (Å²) >= 11 is 0. The number of esters is 1. The molecule has 0 spiro atoms. The molecule has 2 aromatic heterocycles. The summed E-state index contributed by atoms with van der Waals surface area (Å²) in [6.07, 6.45) is 2.26. The van der Waals surface area contributed by atoms with Gasteiger partial charge in [0, 0.05) is 12.0 Å². The Morgan fingerprint density at radius 3 is 2.73 bits per heavy atom. The first-order valence-electron chi connectivity index (χ1n) is 7.92. The third-order valence-electron chi connectivity index (χ3n) is 3.62. The van der Waals surface area contributed by atoms with E-state index in [-0.39, 0.29) is 24.9 Å². The van der Waals surface area contributed by atoms with E-state index in [0.717, 1.165) is 5.76 Å². The molecule has 26 heavy (non-hydrogen) atoms. The first-order valence-corrected chi connectivity index (χ1v) is 7.92. The minimum atomic E-state index is -0.368. The zero-order valence-electron chi connectivity index (χ0n) is 14.4. The molecule has 8 heteroatoms. The fourth-order valence-corrected chi connectivity index (χ4v) is 2.30. The standard InChI is InChI=1S/C18H18N2O6/c1-22-14-7-5-12(10-15(14)23-2)18-19-16(26-20-18)11-25-17(21)8-6-13-4-3-9-24-13/h3-5,7,9-10H,6,8,11H2,1-2H3. The molecule has 8 nitrogen and oxygen atoms in total. The minimum absolute atomic E-state index is 0.0860. The van der Waals surface area contributed by atoms with Crippen LogP contribution in [0.1, 0.15) is 18.1 Å². The van der Waals surface area contributed by atoms with Crippen LogP contribution in [0, 0.1) is 0 Å². The summed E-state index contributed by atoms with van der Waals surface area (Å²) in [7, 11) is 3.11. The predicted molar refractivity (Wildman–Crippen MR) is 89.7 cm³/mol. The molecular weight excluding hydrogens is 340 g/mol. The lowest BCUT2D eigenvalue weighted by Crippen LogP contribution is -2.05. The number of hydrogen-bond donors (Lipinski definition) is 0. The van der Waals surface area contributed by atoms with Crippen LogP contribution in [0.4, 0.5) is 0 Å². The van der Waals surface area contributed by atoms with Gasteiger partial charge in [0.2, 0.25) is 5.82 Å². The average Bonchev–Trinajstić information content (AvgIpc) is 3.36. The Balaban J connectivity index is 1.57. The van der Waals surface area contributed by atoms with Crippen LogP contribution >= 0.6 is 0 Å². The maximum absolute atomic E-state index is 11.8. The number of rotatable bonds is 8. The normalized spacial score (nSPS) is 10.5. The molecule has 0 saturated heterocycles. The third-order valence-corrected chi connectivity index (χ3v) is 3.62. The van der Waals surface area contributed by atoms with Gasteiger partial charge in [-0.3, -0.25) is 4.79 Å². The van der Waals surface area contributed by atoms with Crippen LogP contribution < -0.4 is 9.47 Å². The van der Waals surface area contributed by atoms with Crippen molar-refractivity contribution in [1.82, 2.24) is 10.1 Å². The monoisotopic (exact) mass is 358 g/mol. The predicted octanol–water partition coefficient (Wildman–Crippen LogP) is 3.02. The second-order valence-electron chi connectivity index (χ2n) is 5.32. The zero-order chi connectivity index (χ0) is 18.4. The van der Waals surface area contributed by atoms with Gasteiger partial charge in [0.05, 0.1) is 26.9 Å². The Morgan fingerprint density at radius 2 is 2.00 bits per heavy atom. The molecule has 0 fully saturated rings. The van der Waals surface area contributed by atoms with Crippen molar-refractivity contribution < 1.29 is 27.9 Å². The summed E-state index contributed by atoms with van der Waals surface area (Å²) in [6.45, 7) is -0.0860. The SMILES string of the molecule is COc1ccc(-c2noc(COC(=O)CCc3ccco3)n2)cc1OC. The van der Waals surface area contributed by atoms with Crippen molar-refractivity contribution >= 4 is 5.97 Å².